The van der Waals surface area contributed by atoms with E-state index in [0.29, 0.717) is 5.75 Å². The molecule has 0 aliphatic carbocycles. The smallest absolute Gasteiger partial charge is 0.311 e. The molecule has 0 amide bonds. The molecule has 142 valence electrons. The second kappa shape index (κ2) is 8.76. The second-order valence-corrected chi connectivity index (χ2v) is 7.98. The number of esters is 1. The number of rotatable bonds is 8. The number of hydrogen-bond donors (Lipinski definition) is 0. The van der Waals surface area contributed by atoms with E-state index in [-0.39, 0.29) is 12.8 Å². The maximum atomic E-state index is 12.0. The van der Waals surface area contributed by atoms with Crippen LogP contribution in [0.4, 0.5) is 0 Å². The first-order valence-corrected chi connectivity index (χ1v) is 8.38. The molecule has 0 fully saturated rings. The summed E-state index contributed by atoms with van der Waals surface area (Å²) in [5, 5.41) is 0. The number of carbonyl (C=O) groups is 1. The van der Waals surface area contributed by atoms with Gasteiger partial charge in [0.25, 0.3) is 0 Å². The fourth-order valence-electron chi connectivity index (χ4n) is 1.52. The highest BCUT2D eigenvalue weighted by molar-refractivity contribution is 5.72. The van der Waals surface area contributed by atoms with Gasteiger partial charge in [-0.05, 0) is 60.6 Å². The van der Waals surface area contributed by atoms with Crippen LogP contribution in [0.15, 0.2) is 30.3 Å². The van der Waals surface area contributed by atoms with Crippen LogP contribution in [0.25, 0.3) is 0 Å². The Morgan fingerprint density at radius 1 is 0.800 bits per heavy atom. The van der Waals surface area contributed by atoms with Crippen molar-refractivity contribution in [2.75, 3.05) is 0 Å². The van der Waals surface area contributed by atoms with Crippen molar-refractivity contribution in [3.63, 3.8) is 0 Å². The van der Waals surface area contributed by atoms with E-state index in [1.54, 1.807) is 31.2 Å². The van der Waals surface area contributed by atoms with Crippen LogP contribution in [0.1, 0.15) is 61.3 Å². The normalized spacial score (nSPS) is 12.9. The van der Waals surface area contributed by atoms with Gasteiger partial charge in [0.05, 0.1) is 17.6 Å². The first kappa shape index (κ1) is 21.6. The molecule has 0 N–H and O–H groups in total. The Kier molecular flexibility index (Phi) is 7.56. The van der Waals surface area contributed by atoms with Crippen LogP contribution in [-0.2, 0) is 24.3 Å². The topological polar surface area (TPSA) is 63.2 Å². The molecule has 1 aromatic carbocycles. The number of benzene rings is 1. The maximum Gasteiger partial charge on any atom is 0.311 e. The van der Waals surface area contributed by atoms with E-state index in [2.05, 4.69) is 0 Å². The van der Waals surface area contributed by atoms with Crippen molar-refractivity contribution in [3.05, 3.63) is 30.3 Å². The van der Waals surface area contributed by atoms with Crippen molar-refractivity contribution in [1.29, 1.82) is 0 Å². The summed E-state index contributed by atoms with van der Waals surface area (Å²) in [5.41, 5.74) is -1.06. The molecule has 0 radical (unpaired) electrons. The zero-order chi connectivity index (χ0) is 19.1. The average molecular weight is 354 g/mol. The predicted molar refractivity (Wildman–Crippen MR) is 93.6 cm³/mol. The quantitative estimate of drug-likeness (QED) is 0.224. The molecule has 1 aromatic rings. The standard InChI is InChI=1S/C19H30O6/c1-17(2,3)22-24-19(7,25-23-18(4,5)6)14-13-16(20)21-15-11-9-8-10-12-15/h8-12H,13-14H2,1-7H3. The molecule has 0 aliphatic rings. The molecule has 0 aromatic heterocycles. The fraction of sp³-hybridized carbons (Fsp3) is 0.632. The summed E-state index contributed by atoms with van der Waals surface area (Å²) in [5.74, 6) is -1.15. The number of carbonyl (C=O) groups excluding carboxylic acids is 1. The SMILES string of the molecule is CC(C)(C)OOC(C)(CCC(=O)Oc1ccccc1)OOC(C)(C)C. The van der Waals surface area contributed by atoms with Crippen molar-refractivity contribution < 1.29 is 29.1 Å². The Balaban J connectivity index is 2.63. The third kappa shape index (κ3) is 10.2. The van der Waals surface area contributed by atoms with Gasteiger partial charge in [-0.2, -0.15) is 9.78 Å². The van der Waals surface area contributed by atoms with Crippen molar-refractivity contribution in [1.82, 2.24) is 0 Å². The molecule has 0 atom stereocenters. The van der Waals surface area contributed by atoms with Crippen molar-refractivity contribution in [3.8, 4) is 5.75 Å². The molecule has 0 heterocycles. The molecule has 6 nitrogen and oxygen atoms in total. The van der Waals surface area contributed by atoms with Crippen LogP contribution >= 0.6 is 0 Å². The van der Waals surface area contributed by atoms with Crippen LogP contribution in [0.5, 0.6) is 5.75 Å². The molecule has 6 heteroatoms. The van der Waals surface area contributed by atoms with E-state index < -0.39 is 23.0 Å². The summed E-state index contributed by atoms with van der Waals surface area (Å²) in [6.45, 7) is 12.7. The van der Waals surface area contributed by atoms with Gasteiger partial charge in [0.1, 0.15) is 5.75 Å². The summed E-state index contributed by atoms with van der Waals surface area (Å²) in [6, 6.07) is 8.88. The Morgan fingerprint density at radius 3 is 1.72 bits per heavy atom. The molecule has 0 bridgehead atoms. The van der Waals surface area contributed by atoms with Gasteiger partial charge in [0.2, 0.25) is 5.79 Å². The largest absolute Gasteiger partial charge is 0.427 e. The number of ether oxygens (including phenoxy) is 1. The highest BCUT2D eigenvalue weighted by Crippen LogP contribution is 2.26. The minimum atomic E-state index is -1.25. The third-order valence-corrected chi connectivity index (χ3v) is 2.69. The summed E-state index contributed by atoms with van der Waals surface area (Å²) < 4.78 is 5.27. The van der Waals surface area contributed by atoms with Gasteiger partial charge in [-0.15, -0.1) is 0 Å². The summed E-state index contributed by atoms with van der Waals surface area (Å²) >= 11 is 0. The van der Waals surface area contributed by atoms with Crippen molar-refractivity contribution >= 4 is 5.97 Å². The molecule has 1 rings (SSSR count). The van der Waals surface area contributed by atoms with Gasteiger partial charge >= 0.3 is 5.97 Å². The molecule has 25 heavy (non-hydrogen) atoms. The molecular formula is C19H30O6. The summed E-state index contributed by atoms with van der Waals surface area (Å²) in [6.07, 6.45) is 0.275. The van der Waals surface area contributed by atoms with E-state index in [0.717, 1.165) is 0 Å². The van der Waals surface area contributed by atoms with Gasteiger partial charge in [0.15, 0.2) is 0 Å². The lowest BCUT2D eigenvalue weighted by Crippen LogP contribution is -2.39. The zero-order valence-corrected chi connectivity index (χ0v) is 16.3. The van der Waals surface area contributed by atoms with Crippen molar-refractivity contribution in [2.45, 2.75) is 78.3 Å². The monoisotopic (exact) mass is 354 g/mol. The van der Waals surface area contributed by atoms with Crippen LogP contribution < -0.4 is 4.74 Å². The van der Waals surface area contributed by atoms with Gasteiger partial charge in [-0.25, -0.2) is 9.78 Å². The average Bonchev–Trinajstić information content (AvgIpc) is 2.49. The minimum absolute atomic E-state index is 0.0758. The highest BCUT2D eigenvalue weighted by Gasteiger charge is 2.34. The Labute approximate surface area is 150 Å². The lowest BCUT2D eigenvalue weighted by Gasteiger charge is -2.32. The van der Waals surface area contributed by atoms with Crippen LogP contribution in [0.3, 0.4) is 0 Å². The first-order chi connectivity index (χ1) is 11.4. The van der Waals surface area contributed by atoms with Crippen LogP contribution in [-0.4, -0.2) is 23.0 Å². The van der Waals surface area contributed by atoms with Crippen molar-refractivity contribution in [2.24, 2.45) is 0 Å². The molecule has 0 saturated carbocycles. The second-order valence-electron chi connectivity index (χ2n) is 7.98. The lowest BCUT2D eigenvalue weighted by atomic mass is 10.1. The Morgan fingerprint density at radius 2 is 1.28 bits per heavy atom. The molecule has 0 unspecified atom stereocenters. The fourth-order valence-corrected chi connectivity index (χ4v) is 1.52. The van der Waals surface area contributed by atoms with Gasteiger partial charge in [0, 0.05) is 6.42 Å². The minimum Gasteiger partial charge on any atom is -0.427 e. The van der Waals surface area contributed by atoms with Gasteiger partial charge < -0.3 is 4.74 Å². The van der Waals surface area contributed by atoms with E-state index in [4.69, 9.17) is 24.3 Å². The molecular weight excluding hydrogens is 324 g/mol. The van der Waals surface area contributed by atoms with Gasteiger partial charge in [-0.1, -0.05) is 18.2 Å². The predicted octanol–water partition coefficient (Wildman–Crippen LogP) is 4.58. The van der Waals surface area contributed by atoms with Crippen LogP contribution in [0, 0.1) is 0 Å². The highest BCUT2D eigenvalue weighted by atomic mass is 17.3. The lowest BCUT2D eigenvalue weighted by molar-refractivity contribution is -0.537. The van der Waals surface area contributed by atoms with E-state index >= 15 is 0 Å². The van der Waals surface area contributed by atoms with Crippen LogP contribution in [0.2, 0.25) is 0 Å². The van der Waals surface area contributed by atoms with E-state index in [1.807, 2.05) is 47.6 Å². The molecule has 0 saturated heterocycles. The zero-order valence-electron chi connectivity index (χ0n) is 16.3. The summed E-state index contributed by atoms with van der Waals surface area (Å²) in [7, 11) is 0. The maximum absolute atomic E-state index is 12.0. The third-order valence-electron chi connectivity index (χ3n) is 2.69. The summed E-state index contributed by atoms with van der Waals surface area (Å²) in [4.78, 5) is 33.6. The number of hydrogen-bond acceptors (Lipinski definition) is 6. The van der Waals surface area contributed by atoms with E-state index in [9.17, 15) is 4.79 Å². The van der Waals surface area contributed by atoms with E-state index in [1.165, 1.54) is 0 Å². The first-order valence-electron chi connectivity index (χ1n) is 8.38. The molecule has 0 spiro atoms. The Hall–Kier alpha value is -1.47. The number of para-hydroxylation sites is 1. The van der Waals surface area contributed by atoms with Gasteiger partial charge in [-0.3, -0.25) is 4.79 Å². The molecule has 0 aliphatic heterocycles. The Bertz CT molecular complexity index is 509.